The van der Waals surface area contributed by atoms with E-state index in [0.29, 0.717) is 0 Å². The van der Waals surface area contributed by atoms with E-state index in [-0.39, 0.29) is 17.7 Å². The van der Waals surface area contributed by atoms with E-state index >= 15 is 0 Å². The summed E-state index contributed by atoms with van der Waals surface area (Å²) in [7, 11) is 0. The molecule has 0 aromatic carbocycles. The van der Waals surface area contributed by atoms with E-state index in [2.05, 4.69) is 4.98 Å². The minimum Gasteiger partial charge on any atom is -0.388 e. The van der Waals surface area contributed by atoms with Gasteiger partial charge in [-0.2, -0.15) is 0 Å². The van der Waals surface area contributed by atoms with Gasteiger partial charge in [0.15, 0.2) is 18.7 Å². The van der Waals surface area contributed by atoms with Crippen molar-refractivity contribution in [3.05, 3.63) is 65.7 Å². The van der Waals surface area contributed by atoms with Crippen LogP contribution in [0.4, 0.5) is 0 Å². The number of aryl methyl sites for hydroxylation is 1. The highest BCUT2D eigenvalue weighted by Crippen LogP contribution is 2.40. The third kappa shape index (κ3) is 4.45. The molecule has 9 atom stereocenters. The number of rotatable bonds is 5. The molecule has 0 saturated carbocycles. The summed E-state index contributed by atoms with van der Waals surface area (Å²) in [6, 6.07) is 1.03. The van der Waals surface area contributed by atoms with Crippen LogP contribution in [0.3, 0.4) is 0 Å². The lowest BCUT2D eigenvalue weighted by atomic mass is 10.1. The van der Waals surface area contributed by atoms with E-state index in [1.165, 1.54) is 18.0 Å². The lowest BCUT2D eigenvalue weighted by Crippen LogP contribution is -2.49. The van der Waals surface area contributed by atoms with Crippen LogP contribution >= 0.6 is 11.8 Å². The molecule has 0 unspecified atom stereocenters. The van der Waals surface area contributed by atoms with E-state index in [4.69, 9.17) is 9.47 Å². The lowest BCUT2D eigenvalue weighted by Gasteiger charge is -2.32. The Kier molecular flexibility index (Phi) is 6.93. The van der Waals surface area contributed by atoms with Gasteiger partial charge in [-0.3, -0.25) is 33.5 Å². The maximum atomic E-state index is 12.8. The van der Waals surface area contributed by atoms with Crippen LogP contribution in [0.2, 0.25) is 0 Å². The molecule has 3 saturated heterocycles. The first-order chi connectivity index (χ1) is 18.0. The summed E-state index contributed by atoms with van der Waals surface area (Å²) in [5.41, 5.74) is -2.82. The van der Waals surface area contributed by atoms with Crippen molar-refractivity contribution in [1.82, 2.24) is 24.0 Å². The summed E-state index contributed by atoms with van der Waals surface area (Å²) in [5.74, 6) is -0.480. The van der Waals surface area contributed by atoms with Gasteiger partial charge in [-0.05, 0) is 6.92 Å². The molecular weight excluding hydrogens is 530 g/mol. The molecule has 1 amide bonds. The number of carbonyl (C=O) groups is 1. The Morgan fingerprint density at radius 3 is 2.24 bits per heavy atom. The van der Waals surface area contributed by atoms with E-state index < -0.39 is 83.0 Å². The predicted molar refractivity (Wildman–Crippen MR) is 127 cm³/mol. The highest BCUT2D eigenvalue weighted by atomic mass is 32.2. The second-order valence-electron chi connectivity index (χ2n) is 9.24. The number of ether oxygens (including phenoxy) is 2. The fraction of sp³-hybridized carbons (Fsp3) is 0.571. The predicted octanol–water partition coefficient (Wildman–Crippen LogP) is -4.12. The number of hydrogen-bond acceptors (Lipinski definition) is 12. The summed E-state index contributed by atoms with van der Waals surface area (Å²) in [4.78, 5) is 65.6. The maximum absolute atomic E-state index is 12.8. The smallest absolute Gasteiger partial charge is 0.330 e. The van der Waals surface area contributed by atoms with Crippen LogP contribution in [-0.4, -0.2) is 98.2 Å². The molecule has 3 aliphatic rings. The topological polar surface area (TPSA) is 229 Å². The zero-order valence-corrected chi connectivity index (χ0v) is 20.6. The molecule has 0 spiro atoms. The molecule has 5 heterocycles. The van der Waals surface area contributed by atoms with E-state index in [9.17, 15) is 44.4 Å². The number of thioether (sulfide) groups is 1. The normalized spacial score (nSPS) is 35.3. The first kappa shape index (κ1) is 26.5. The maximum Gasteiger partial charge on any atom is 0.330 e. The molecule has 3 fully saturated rings. The standard InChI is InChI=1S/C21H25N5O11S/c1-7-5-25(21(35)23-16(7)33)18-13(30)12(29)8(36-18)4-11-26(10(28)6-38-11)19-15(32)14(31)17(37-19)24-3-2-9(27)22-20(24)34/h2-3,5,8,11-15,17-19,29-32H,4,6H2,1H3,(H,22,27,34)(H,23,33,35)/t8-,11+,12-,13-,14-,15+,17-,18-,19+/m1/s1. The van der Waals surface area contributed by atoms with Crippen molar-refractivity contribution in [1.29, 1.82) is 0 Å². The number of carbonyl (C=O) groups excluding carboxylic acids is 1. The minimum absolute atomic E-state index is 0.0238. The van der Waals surface area contributed by atoms with Crippen molar-refractivity contribution in [3.8, 4) is 0 Å². The fourth-order valence-electron chi connectivity index (χ4n) is 4.83. The molecule has 0 aliphatic carbocycles. The average molecular weight is 556 g/mol. The molecule has 2 aromatic heterocycles. The summed E-state index contributed by atoms with van der Waals surface area (Å²) in [5, 5.41) is 41.8. The Morgan fingerprint density at radius 1 is 0.895 bits per heavy atom. The van der Waals surface area contributed by atoms with Crippen LogP contribution in [0.15, 0.2) is 37.6 Å². The van der Waals surface area contributed by atoms with E-state index in [1.54, 1.807) is 0 Å². The molecule has 5 rings (SSSR count). The quantitative estimate of drug-likeness (QED) is 0.207. The zero-order chi connectivity index (χ0) is 27.5. The van der Waals surface area contributed by atoms with Crippen molar-refractivity contribution >= 4 is 17.7 Å². The monoisotopic (exact) mass is 555 g/mol. The third-order valence-electron chi connectivity index (χ3n) is 6.80. The van der Waals surface area contributed by atoms with Crippen molar-refractivity contribution in [3.63, 3.8) is 0 Å². The van der Waals surface area contributed by atoms with E-state index in [0.717, 1.165) is 33.2 Å². The largest absolute Gasteiger partial charge is 0.388 e. The second kappa shape index (κ2) is 9.92. The van der Waals surface area contributed by atoms with Gasteiger partial charge in [0.25, 0.3) is 11.1 Å². The Labute approximate surface area is 216 Å². The molecular formula is C21H25N5O11S. The van der Waals surface area contributed by atoms with E-state index in [1.807, 2.05) is 4.98 Å². The number of amides is 1. The van der Waals surface area contributed by atoms with Gasteiger partial charge < -0.3 is 34.8 Å². The Balaban J connectivity index is 1.36. The molecule has 3 aliphatic heterocycles. The van der Waals surface area contributed by atoms with Crippen LogP contribution < -0.4 is 22.5 Å². The van der Waals surface area contributed by atoms with Crippen molar-refractivity contribution < 1.29 is 34.7 Å². The van der Waals surface area contributed by atoms with Gasteiger partial charge in [0, 0.05) is 30.4 Å². The molecule has 17 heteroatoms. The SMILES string of the molecule is Cc1cn([C@@H]2O[C@H](C[C@@H]3SCC(=O)N3[C@H]3O[C@@H](n4ccc(=O)[nH]c4=O)[C@H](O)[C@@H]3O)[C@@H](O)[C@H]2O)c(=O)[nH]c1=O. The highest BCUT2D eigenvalue weighted by molar-refractivity contribution is 8.01. The van der Waals surface area contributed by atoms with Crippen LogP contribution in [0.25, 0.3) is 0 Å². The number of aliphatic hydroxyl groups is 4. The first-order valence-electron chi connectivity index (χ1n) is 11.6. The summed E-state index contributed by atoms with van der Waals surface area (Å²) in [6.45, 7) is 1.46. The van der Waals surface area contributed by atoms with Crippen LogP contribution in [0.1, 0.15) is 24.4 Å². The number of H-pyrrole nitrogens is 2. The summed E-state index contributed by atoms with van der Waals surface area (Å²) < 4.78 is 13.3. The van der Waals surface area contributed by atoms with Crippen molar-refractivity contribution in [2.24, 2.45) is 0 Å². The van der Waals surface area contributed by atoms with Gasteiger partial charge in [0.1, 0.15) is 24.4 Å². The Hall–Kier alpha value is -3.06. The lowest BCUT2D eigenvalue weighted by molar-refractivity contribution is -0.154. The van der Waals surface area contributed by atoms with Gasteiger partial charge in [0.05, 0.1) is 17.2 Å². The third-order valence-corrected chi connectivity index (χ3v) is 8.02. The number of aromatic nitrogens is 4. The van der Waals surface area contributed by atoms with Gasteiger partial charge in [-0.1, -0.05) is 0 Å². The molecule has 6 N–H and O–H groups in total. The molecule has 0 bridgehead atoms. The Morgan fingerprint density at radius 2 is 1.53 bits per heavy atom. The summed E-state index contributed by atoms with van der Waals surface area (Å²) >= 11 is 1.14. The number of aromatic amines is 2. The molecule has 0 radical (unpaired) electrons. The first-order valence-corrected chi connectivity index (χ1v) is 12.6. The fourth-order valence-corrected chi connectivity index (χ4v) is 6.04. The summed E-state index contributed by atoms with van der Waals surface area (Å²) in [6.07, 6.45) is -9.21. The zero-order valence-electron chi connectivity index (χ0n) is 19.7. The molecule has 38 heavy (non-hydrogen) atoms. The van der Waals surface area contributed by atoms with Gasteiger partial charge in [0.2, 0.25) is 5.91 Å². The molecule has 206 valence electrons. The van der Waals surface area contributed by atoms with Gasteiger partial charge in [-0.25, -0.2) is 9.59 Å². The van der Waals surface area contributed by atoms with Crippen LogP contribution in [-0.2, 0) is 14.3 Å². The van der Waals surface area contributed by atoms with Crippen molar-refractivity contribution in [2.75, 3.05) is 5.75 Å². The second-order valence-corrected chi connectivity index (χ2v) is 10.4. The number of hydrogen-bond donors (Lipinski definition) is 6. The van der Waals surface area contributed by atoms with Gasteiger partial charge in [-0.15, -0.1) is 11.8 Å². The highest BCUT2D eigenvalue weighted by Gasteiger charge is 2.53. The number of nitrogens with zero attached hydrogens (tertiary/aromatic N) is 3. The molecule has 16 nitrogen and oxygen atoms in total. The van der Waals surface area contributed by atoms with Gasteiger partial charge >= 0.3 is 11.4 Å². The van der Waals surface area contributed by atoms with Crippen molar-refractivity contribution in [2.45, 2.75) is 67.9 Å². The van der Waals surface area contributed by atoms with Crippen LogP contribution in [0, 0.1) is 6.92 Å². The Bertz CT molecular complexity index is 1470. The minimum atomic E-state index is -1.63. The molecule has 2 aromatic rings. The number of nitrogens with one attached hydrogen (secondary N) is 2. The average Bonchev–Trinajstić information content (AvgIpc) is 3.46. The number of aliphatic hydroxyl groups excluding tert-OH is 4. The van der Waals surface area contributed by atoms with Crippen LogP contribution in [0.5, 0.6) is 0 Å².